The summed E-state index contributed by atoms with van der Waals surface area (Å²) in [5.41, 5.74) is -0.0609. The number of hydrogen-bond acceptors (Lipinski definition) is 9. The van der Waals surface area contributed by atoms with Gasteiger partial charge in [0, 0.05) is 31.3 Å². The summed E-state index contributed by atoms with van der Waals surface area (Å²) in [7, 11) is 1.34. The van der Waals surface area contributed by atoms with E-state index in [1.54, 1.807) is 0 Å². The van der Waals surface area contributed by atoms with Crippen LogP contribution in [-0.2, 0) is 9.53 Å². The Labute approximate surface area is 201 Å². The molecule has 12 nitrogen and oxygen atoms in total. The quantitative estimate of drug-likeness (QED) is 0.330. The molecular weight excluding hydrogens is 460 g/mol. The summed E-state index contributed by atoms with van der Waals surface area (Å²) in [4.78, 5) is 48.7. The number of rotatable bonds is 8. The number of non-ortho nitro benzene ring substituents is 1. The molecule has 2 aromatic carbocycles. The fourth-order valence-corrected chi connectivity index (χ4v) is 3.80. The number of amides is 1. The number of hydrogen-bond donors (Lipinski definition) is 1. The van der Waals surface area contributed by atoms with Gasteiger partial charge in [0.1, 0.15) is 11.4 Å². The Morgan fingerprint density at radius 2 is 1.69 bits per heavy atom. The number of nitro groups is 2. The fraction of sp³-hybridized carbons (Fsp3) is 0.391. The summed E-state index contributed by atoms with van der Waals surface area (Å²) in [5.74, 6) is -1.49. The zero-order valence-electron chi connectivity index (χ0n) is 19.4. The second-order valence-corrected chi connectivity index (χ2v) is 8.04. The van der Waals surface area contributed by atoms with Crippen LogP contribution in [0.25, 0.3) is 0 Å². The topological polar surface area (TPSA) is 154 Å². The summed E-state index contributed by atoms with van der Waals surface area (Å²) >= 11 is 0. The first-order chi connectivity index (χ1) is 16.7. The van der Waals surface area contributed by atoms with Crippen molar-refractivity contribution in [3.05, 3.63) is 62.2 Å². The lowest BCUT2D eigenvalue weighted by atomic mass is 10.1. The van der Waals surface area contributed by atoms with Crippen LogP contribution in [0.3, 0.4) is 0 Å². The van der Waals surface area contributed by atoms with E-state index < -0.39 is 27.8 Å². The van der Waals surface area contributed by atoms with Gasteiger partial charge >= 0.3 is 5.97 Å². The molecule has 0 saturated carbocycles. The van der Waals surface area contributed by atoms with E-state index >= 15 is 0 Å². The van der Waals surface area contributed by atoms with Crippen molar-refractivity contribution in [3.8, 4) is 5.75 Å². The van der Waals surface area contributed by atoms with E-state index in [1.165, 1.54) is 38.3 Å². The van der Waals surface area contributed by atoms with Crippen LogP contribution in [0.5, 0.6) is 5.75 Å². The maximum atomic E-state index is 12.6. The second-order valence-electron chi connectivity index (χ2n) is 8.04. The van der Waals surface area contributed by atoms with E-state index in [0.29, 0.717) is 18.8 Å². The highest BCUT2D eigenvalue weighted by molar-refractivity contribution is 5.98. The van der Waals surface area contributed by atoms with E-state index in [2.05, 4.69) is 5.32 Å². The van der Waals surface area contributed by atoms with Crippen molar-refractivity contribution in [2.75, 3.05) is 30.4 Å². The van der Waals surface area contributed by atoms with Crippen LogP contribution in [0.4, 0.5) is 22.7 Å². The summed E-state index contributed by atoms with van der Waals surface area (Å²) in [6, 6.07) is 7.78. The minimum atomic E-state index is -1.30. The first kappa shape index (κ1) is 25.4. The molecule has 12 heteroatoms. The number of nitrogens with one attached hydrogen (secondary N) is 1. The third-order valence-corrected chi connectivity index (χ3v) is 5.66. The smallest absolute Gasteiger partial charge is 0.339 e. The lowest BCUT2D eigenvalue weighted by Gasteiger charge is -2.22. The molecule has 0 aromatic heterocycles. The van der Waals surface area contributed by atoms with Gasteiger partial charge in [0.25, 0.3) is 17.3 Å². The number of carbonyl (C=O) groups is 2. The maximum Gasteiger partial charge on any atom is 0.339 e. The zero-order chi connectivity index (χ0) is 25.5. The number of anilines is 2. The van der Waals surface area contributed by atoms with Crippen LogP contribution in [-0.4, -0.2) is 48.0 Å². The molecule has 1 heterocycles. The third kappa shape index (κ3) is 6.22. The van der Waals surface area contributed by atoms with Gasteiger partial charge in [-0.25, -0.2) is 4.79 Å². The monoisotopic (exact) mass is 486 g/mol. The number of nitro benzene ring substituents is 2. The third-order valence-electron chi connectivity index (χ3n) is 5.66. The van der Waals surface area contributed by atoms with Gasteiger partial charge in [-0.3, -0.25) is 25.0 Å². The normalized spacial score (nSPS) is 14.4. The molecule has 0 aliphatic carbocycles. The van der Waals surface area contributed by atoms with Gasteiger partial charge in [-0.05, 0) is 38.0 Å². The van der Waals surface area contributed by atoms with Gasteiger partial charge in [0.15, 0.2) is 6.10 Å². The first-order valence-corrected chi connectivity index (χ1v) is 11.1. The standard InChI is InChI=1S/C23H26N4O8/c1-15(22(28)24-18-14-17(26(30)31)8-10-21(18)34-2)35-23(29)16-7-9-19(20(13-16)27(32)33)25-11-5-3-4-6-12-25/h7-10,13-15H,3-6,11-12H2,1-2H3,(H,24,28). The lowest BCUT2D eigenvalue weighted by Crippen LogP contribution is -2.30. The molecule has 1 unspecified atom stereocenters. The SMILES string of the molecule is COc1ccc([N+](=O)[O-])cc1NC(=O)C(C)OC(=O)c1ccc(N2CCCCCC2)c([N+](=O)[O-])c1. The van der Waals surface area contributed by atoms with Gasteiger partial charge in [-0.1, -0.05) is 12.8 Å². The van der Waals surface area contributed by atoms with E-state index in [9.17, 15) is 29.8 Å². The summed E-state index contributed by atoms with van der Waals surface area (Å²) in [6.45, 7) is 2.71. The predicted octanol–water partition coefficient (Wildman–Crippen LogP) is 4.08. The molecule has 2 aromatic rings. The van der Waals surface area contributed by atoms with Gasteiger partial charge < -0.3 is 19.7 Å². The molecule has 186 valence electrons. The number of benzene rings is 2. The van der Waals surface area contributed by atoms with Crippen LogP contribution < -0.4 is 15.0 Å². The molecule has 1 aliphatic rings. The average Bonchev–Trinajstić information content (AvgIpc) is 3.13. The van der Waals surface area contributed by atoms with E-state index in [4.69, 9.17) is 9.47 Å². The number of methoxy groups -OCH3 is 1. The molecule has 0 bridgehead atoms. The fourth-order valence-electron chi connectivity index (χ4n) is 3.80. The molecule has 3 rings (SSSR count). The lowest BCUT2D eigenvalue weighted by molar-refractivity contribution is -0.384. The molecule has 1 atom stereocenters. The Hall–Kier alpha value is -4.22. The van der Waals surface area contributed by atoms with E-state index in [1.807, 2.05) is 4.90 Å². The van der Waals surface area contributed by atoms with Crippen molar-refractivity contribution in [2.24, 2.45) is 0 Å². The highest BCUT2D eigenvalue weighted by atomic mass is 16.6. The minimum absolute atomic E-state index is 0.0343. The predicted molar refractivity (Wildman–Crippen MR) is 127 cm³/mol. The molecule has 1 saturated heterocycles. The van der Waals surface area contributed by atoms with Gasteiger partial charge in [0.2, 0.25) is 0 Å². The molecule has 0 spiro atoms. The Morgan fingerprint density at radius 1 is 1.00 bits per heavy atom. The summed E-state index contributed by atoms with van der Waals surface area (Å²) in [5, 5.41) is 25.2. The van der Waals surface area contributed by atoms with Crippen LogP contribution in [0.15, 0.2) is 36.4 Å². The Morgan fingerprint density at radius 3 is 2.29 bits per heavy atom. The van der Waals surface area contributed by atoms with Crippen LogP contribution in [0, 0.1) is 20.2 Å². The average molecular weight is 486 g/mol. The highest BCUT2D eigenvalue weighted by Gasteiger charge is 2.26. The number of carbonyl (C=O) groups excluding carboxylic acids is 2. The molecule has 0 radical (unpaired) electrons. The second kappa shape index (κ2) is 11.3. The van der Waals surface area contributed by atoms with Crippen molar-refractivity contribution in [1.82, 2.24) is 0 Å². The van der Waals surface area contributed by atoms with Crippen LogP contribution >= 0.6 is 0 Å². The largest absolute Gasteiger partial charge is 0.495 e. The van der Waals surface area contributed by atoms with Crippen molar-refractivity contribution in [2.45, 2.75) is 38.7 Å². The zero-order valence-corrected chi connectivity index (χ0v) is 19.4. The number of nitrogens with zero attached hydrogens (tertiary/aromatic N) is 3. The van der Waals surface area contributed by atoms with Gasteiger partial charge in [0.05, 0.1) is 28.2 Å². The molecule has 35 heavy (non-hydrogen) atoms. The molecular formula is C23H26N4O8. The minimum Gasteiger partial charge on any atom is -0.495 e. The molecule has 1 aliphatic heterocycles. The Bertz CT molecular complexity index is 1130. The first-order valence-electron chi connectivity index (χ1n) is 11.1. The summed E-state index contributed by atoms with van der Waals surface area (Å²) < 4.78 is 10.3. The van der Waals surface area contributed by atoms with Crippen molar-refractivity contribution >= 4 is 34.6 Å². The van der Waals surface area contributed by atoms with Crippen molar-refractivity contribution in [3.63, 3.8) is 0 Å². The Balaban J connectivity index is 1.74. The van der Waals surface area contributed by atoms with Gasteiger partial charge in [-0.15, -0.1) is 0 Å². The maximum absolute atomic E-state index is 12.6. The number of esters is 1. The Kier molecular flexibility index (Phi) is 8.18. The van der Waals surface area contributed by atoms with Gasteiger partial charge in [-0.2, -0.15) is 0 Å². The van der Waals surface area contributed by atoms with E-state index in [-0.39, 0.29) is 28.4 Å². The van der Waals surface area contributed by atoms with Crippen molar-refractivity contribution < 1.29 is 28.9 Å². The molecule has 1 fully saturated rings. The van der Waals surface area contributed by atoms with Crippen LogP contribution in [0.1, 0.15) is 43.0 Å². The van der Waals surface area contributed by atoms with E-state index in [0.717, 1.165) is 37.8 Å². The molecule has 1 N–H and O–H groups in total. The van der Waals surface area contributed by atoms with Crippen LogP contribution in [0.2, 0.25) is 0 Å². The van der Waals surface area contributed by atoms with Crippen molar-refractivity contribution in [1.29, 1.82) is 0 Å². The number of ether oxygens (including phenoxy) is 2. The summed E-state index contributed by atoms with van der Waals surface area (Å²) in [6.07, 6.45) is 2.70. The molecule has 1 amide bonds. The highest BCUT2D eigenvalue weighted by Crippen LogP contribution is 2.32.